The van der Waals surface area contributed by atoms with Crippen LogP contribution in [0.15, 0.2) is 77.6 Å². The van der Waals surface area contributed by atoms with E-state index in [1.54, 1.807) is 16.5 Å². The van der Waals surface area contributed by atoms with Gasteiger partial charge in [0.1, 0.15) is 16.9 Å². The maximum absolute atomic E-state index is 12.9. The average molecular weight is 428 g/mol. The first kappa shape index (κ1) is 19.0. The Morgan fingerprint density at radius 2 is 1.77 bits per heavy atom. The Morgan fingerprint density at radius 3 is 2.52 bits per heavy atom. The minimum absolute atomic E-state index is 0.0437. The van der Waals surface area contributed by atoms with Gasteiger partial charge in [0.15, 0.2) is 11.0 Å². The number of aromatic amines is 1. The van der Waals surface area contributed by atoms with Gasteiger partial charge in [0.25, 0.3) is 0 Å². The number of fused-ring (bicyclic) bond motifs is 3. The molecule has 0 amide bonds. The predicted octanol–water partition coefficient (Wildman–Crippen LogP) is 1.82. The first-order chi connectivity index (χ1) is 15.1. The van der Waals surface area contributed by atoms with E-state index in [2.05, 4.69) is 4.98 Å². The number of thiazole rings is 1. The number of hydrogen-bond acceptors (Lipinski definition) is 5. The Bertz CT molecular complexity index is 1520. The number of carbonyl (C=O) groups is 1. The highest BCUT2D eigenvalue weighted by Gasteiger charge is 2.17. The lowest BCUT2D eigenvalue weighted by molar-refractivity contribution is -0.308. The maximum atomic E-state index is 12.9. The van der Waals surface area contributed by atoms with Gasteiger partial charge in [0.2, 0.25) is 0 Å². The highest BCUT2D eigenvalue weighted by atomic mass is 32.1. The van der Waals surface area contributed by atoms with E-state index in [9.17, 15) is 14.7 Å². The number of imidazole rings is 1. The van der Waals surface area contributed by atoms with E-state index >= 15 is 0 Å². The molecule has 0 radical (unpaired) electrons. The number of aromatic nitrogens is 2. The second-order valence-corrected chi connectivity index (χ2v) is 8.07. The van der Waals surface area contributed by atoms with Gasteiger partial charge in [-0.25, -0.2) is 9.78 Å². The van der Waals surface area contributed by atoms with Crippen LogP contribution in [-0.4, -0.2) is 10.4 Å². The topological polar surface area (TPSA) is 85.0 Å². The molecule has 5 rings (SSSR count). The summed E-state index contributed by atoms with van der Waals surface area (Å²) in [7, 11) is 0. The molecular formula is C24H16N2O4S. The van der Waals surface area contributed by atoms with Crippen LogP contribution in [0.25, 0.3) is 22.1 Å². The minimum atomic E-state index is -1.20. The summed E-state index contributed by atoms with van der Waals surface area (Å²) in [6, 6.07) is 21.6. The Labute approximate surface area is 180 Å². The van der Waals surface area contributed by atoms with Gasteiger partial charge in [-0.1, -0.05) is 48.5 Å². The fourth-order valence-corrected chi connectivity index (χ4v) is 4.41. The van der Waals surface area contributed by atoms with E-state index in [0.717, 1.165) is 27.1 Å². The van der Waals surface area contributed by atoms with E-state index < -0.39 is 5.97 Å². The van der Waals surface area contributed by atoms with Gasteiger partial charge in [0, 0.05) is 0 Å². The number of rotatable bonds is 5. The zero-order valence-electron chi connectivity index (χ0n) is 16.2. The van der Waals surface area contributed by atoms with Gasteiger partial charge in [-0.15, -0.1) is 4.40 Å². The Balaban J connectivity index is 1.35. The van der Waals surface area contributed by atoms with E-state index in [0.29, 0.717) is 16.9 Å². The molecule has 0 aliphatic carbocycles. The smallest absolute Gasteiger partial charge is 0.357 e. The highest BCUT2D eigenvalue weighted by Crippen LogP contribution is 2.16. The van der Waals surface area contributed by atoms with Crippen molar-refractivity contribution < 1.29 is 19.6 Å². The number of H-pyrrole nitrogens is 1. The summed E-state index contributed by atoms with van der Waals surface area (Å²) in [5, 5.41) is 10.8. The quantitative estimate of drug-likeness (QED) is 0.427. The molecule has 0 fully saturated rings. The van der Waals surface area contributed by atoms with Crippen molar-refractivity contribution in [1.82, 2.24) is 4.40 Å². The van der Waals surface area contributed by atoms with Gasteiger partial charge in [-0.3, -0.25) is 0 Å². The summed E-state index contributed by atoms with van der Waals surface area (Å²) >= 11 is 1.42. The largest absolute Gasteiger partial charge is 0.545 e. The zero-order valence-corrected chi connectivity index (χ0v) is 17.0. The molecule has 31 heavy (non-hydrogen) atoms. The lowest BCUT2D eigenvalue weighted by atomic mass is 10.1. The lowest BCUT2D eigenvalue weighted by Crippen LogP contribution is -2.22. The maximum Gasteiger partial charge on any atom is 0.357 e. The average Bonchev–Trinajstić information content (AvgIpc) is 3.29. The molecule has 6 nitrogen and oxygen atoms in total. The van der Waals surface area contributed by atoms with E-state index in [-0.39, 0.29) is 11.1 Å². The fraction of sp³-hybridized carbons (Fsp3) is 0.0417. The number of aromatic carboxylic acids is 1. The monoisotopic (exact) mass is 428 g/mol. The molecular weight excluding hydrogens is 412 g/mol. The molecule has 0 aliphatic rings. The number of para-hydroxylation sites is 2. The standard InChI is InChI=1S/C24H16N2O4S/c27-22-21(31-24-25-19-3-1-2-4-20(19)26(22)24)13-15-7-11-18(12-8-15)30-14-16-5-9-17(10-6-16)23(28)29/h1-13H,14H2,(H,28,29)/b21-13-. The van der Waals surface area contributed by atoms with Crippen molar-refractivity contribution in [2.24, 2.45) is 0 Å². The van der Waals surface area contributed by atoms with Crippen LogP contribution >= 0.6 is 11.3 Å². The van der Waals surface area contributed by atoms with Crippen molar-refractivity contribution in [2.45, 2.75) is 6.61 Å². The molecule has 0 aliphatic heterocycles. The van der Waals surface area contributed by atoms with Gasteiger partial charge in [-0.05, 0) is 58.4 Å². The van der Waals surface area contributed by atoms with Crippen molar-refractivity contribution in [3.05, 3.63) is 104 Å². The normalized spacial score (nSPS) is 11.9. The highest BCUT2D eigenvalue weighted by molar-refractivity contribution is 7.14. The number of nitrogens with one attached hydrogen (secondary N) is 1. The summed E-state index contributed by atoms with van der Waals surface area (Å²) in [5.74, 6) is -0.517. The van der Waals surface area contributed by atoms with Crippen molar-refractivity contribution in [1.29, 1.82) is 0 Å². The first-order valence-electron chi connectivity index (χ1n) is 9.59. The van der Waals surface area contributed by atoms with E-state index in [1.807, 2.05) is 54.6 Å². The molecule has 0 atom stereocenters. The minimum Gasteiger partial charge on any atom is -0.545 e. The molecule has 5 aromatic rings. The zero-order chi connectivity index (χ0) is 21.4. The summed E-state index contributed by atoms with van der Waals surface area (Å²) in [6.45, 7) is 0.320. The molecule has 0 unspecified atom stereocenters. The van der Waals surface area contributed by atoms with Gasteiger partial charge >= 0.3 is 10.5 Å². The molecule has 0 saturated heterocycles. The Hall–Kier alpha value is -3.97. The van der Waals surface area contributed by atoms with Crippen molar-refractivity contribution >= 4 is 39.4 Å². The van der Waals surface area contributed by atoms with Crippen LogP contribution in [0.5, 0.6) is 5.75 Å². The molecule has 0 spiro atoms. The van der Waals surface area contributed by atoms with Crippen LogP contribution in [0.1, 0.15) is 21.5 Å². The molecule has 2 heterocycles. The van der Waals surface area contributed by atoms with Crippen LogP contribution in [-0.2, 0) is 6.61 Å². The van der Waals surface area contributed by atoms with Crippen LogP contribution in [0.3, 0.4) is 0 Å². The van der Waals surface area contributed by atoms with Crippen LogP contribution in [0, 0.1) is 0 Å². The second-order valence-electron chi connectivity index (χ2n) is 7.04. The fourth-order valence-electron chi connectivity index (χ4n) is 3.39. The van der Waals surface area contributed by atoms with Crippen LogP contribution in [0.4, 0.5) is 0 Å². The molecule has 1 N–H and O–H groups in total. The van der Waals surface area contributed by atoms with Crippen molar-refractivity contribution in [3.63, 3.8) is 0 Å². The van der Waals surface area contributed by atoms with Gasteiger partial charge < -0.3 is 14.6 Å². The summed E-state index contributed by atoms with van der Waals surface area (Å²) in [5.41, 5.74) is 3.66. The first-order valence-corrected chi connectivity index (χ1v) is 10.4. The number of hydrogen-bond donors (Lipinski definition) is 0. The molecule has 152 valence electrons. The number of carboxylic acid groups (broad SMARTS) is 1. The summed E-state index contributed by atoms with van der Waals surface area (Å²) in [6.07, 6.45) is 1.87. The SMILES string of the molecule is O=C([O-])c1ccc(COc2ccc(/C=c3\sc4[nH+]c5ccccc5n4c3=O)cc2)cc1. The third kappa shape index (κ3) is 3.67. The molecule has 0 bridgehead atoms. The number of carboxylic acids is 1. The summed E-state index contributed by atoms with van der Waals surface area (Å²) in [4.78, 5) is 27.7. The van der Waals surface area contributed by atoms with E-state index in [4.69, 9.17) is 4.74 Å². The third-order valence-corrected chi connectivity index (χ3v) is 5.97. The number of benzene rings is 3. The second kappa shape index (κ2) is 7.70. The Kier molecular flexibility index (Phi) is 4.72. The Morgan fingerprint density at radius 1 is 1.03 bits per heavy atom. The van der Waals surface area contributed by atoms with Crippen molar-refractivity contribution in [3.8, 4) is 5.75 Å². The van der Waals surface area contributed by atoms with Gasteiger partial charge in [0.05, 0.1) is 5.97 Å². The molecule has 0 saturated carbocycles. The third-order valence-electron chi connectivity index (χ3n) is 4.98. The molecule has 2 aromatic heterocycles. The molecule has 3 aromatic carbocycles. The van der Waals surface area contributed by atoms with Gasteiger partial charge in [-0.2, -0.15) is 0 Å². The van der Waals surface area contributed by atoms with Crippen LogP contribution in [0.2, 0.25) is 0 Å². The predicted molar refractivity (Wildman–Crippen MR) is 116 cm³/mol. The summed E-state index contributed by atoms with van der Waals surface area (Å²) < 4.78 is 8.11. The number of nitrogens with zero attached hydrogens (tertiary/aromatic N) is 1. The number of carbonyl (C=O) groups excluding carboxylic acids is 1. The number of ether oxygens (including phenoxy) is 1. The lowest BCUT2D eigenvalue weighted by Gasteiger charge is -2.08. The van der Waals surface area contributed by atoms with E-state index in [1.165, 1.54) is 23.5 Å². The van der Waals surface area contributed by atoms with Crippen molar-refractivity contribution in [2.75, 3.05) is 0 Å². The van der Waals surface area contributed by atoms with Crippen LogP contribution < -0.4 is 24.9 Å². The molecule has 7 heteroatoms.